The normalized spacial score (nSPS) is 16.1. The van der Waals surface area contributed by atoms with Gasteiger partial charge >= 0.3 is 0 Å². The van der Waals surface area contributed by atoms with Gasteiger partial charge in [-0.3, -0.25) is 9.89 Å². The second kappa shape index (κ2) is 5.67. The number of nitrogens with one attached hydrogen (secondary N) is 2. The number of hydrogen-bond donors (Lipinski definition) is 3. The van der Waals surface area contributed by atoms with Crippen LogP contribution in [0.1, 0.15) is 22.7 Å². The van der Waals surface area contributed by atoms with Crippen LogP contribution in [0.3, 0.4) is 0 Å². The van der Waals surface area contributed by atoms with Gasteiger partial charge in [-0.2, -0.15) is 5.26 Å². The Hall–Kier alpha value is -3.73. The molecule has 8 heteroatoms. The number of aromatic nitrogens is 3. The van der Waals surface area contributed by atoms with Crippen LogP contribution in [0, 0.1) is 18.3 Å². The predicted molar refractivity (Wildman–Crippen MR) is 93.7 cm³/mol. The molecule has 1 unspecified atom stereocenters. The first-order valence-electron chi connectivity index (χ1n) is 7.87. The van der Waals surface area contributed by atoms with Crippen LogP contribution in [-0.4, -0.2) is 22.3 Å². The Morgan fingerprint density at radius 3 is 2.92 bits per heavy atom. The van der Waals surface area contributed by atoms with Gasteiger partial charge in [0.05, 0.1) is 18.5 Å². The lowest BCUT2D eigenvalue weighted by Crippen LogP contribution is -2.25. The average Bonchev–Trinajstić information content (AvgIpc) is 3.00. The quantitative estimate of drug-likeness (QED) is 0.646. The Morgan fingerprint density at radius 2 is 2.19 bits per heavy atom. The highest BCUT2D eigenvalue weighted by Gasteiger charge is 2.35. The summed E-state index contributed by atoms with van der Waals surface area (Å²) in [5.41, 5.74) is 8.14. The van der Waals surface area contributed by atoms with Crippen molar-refractivity contribution < 1.29 is 9.47 Å². The molecule has 8 nitrogen and oxygen atoms in total. The summed E-state index contributed by atoms with van der Waals surface area (Å²) in [7, 11) is 1.56. The van der Waals surface area contributed by atoms with Crippen molar-refractivity contribution in [2.75, 3.05) is 7.11 Å². The van der Waals surface area contributed by atoms with Crippen LogP contribution in [0.15, 0.2) is 40.5 Å². The van der Waals surface area contributed by atoms with Crippen LogP contribution in [0.4, 0.5) is 0 Å². The molecule has 1 aliphatic heterocycles. The highest BCUT2D eigenvalue weighted by Crippen LogP contribution is 2.41. The fraction of sp³-hybridized carbons (Fsp3) is 0.167. The van der Waals surface area contributed by atoms with Crippen molar-refractivity contribution in [1.29, 1.82) is 5.26 Å². The van der Waals surface area contributed by atoms with Crippen molar-refractivity contribution in [3.63, 3.8) is 0 Å². The third kappa shape index (κ3) is 2.22. The molecule has 4 rings (SSSR count). The number of hydrogen-bond acceptors (Lipinski definition) is 6. The summed E-state index contributed by atoms with van der Waals surface area (Å²) >= 11 is 0. The largest absolute Gasteiger partial charge is 0.497 e. The fourth-order valence-electron chi connectivity index (χ4n) is 3.25. The van der Waals surface area contributed by atoms with Crippen molar-refractivity contribution >= 4 is 10.9 Å². The molecule has 0 spiro atoms. The molecule has 0 fully saturated rings. The van der Waals surface area contributed by atoms with Crippen molar-refractivity contribution in [3.05, 3.63) is 62.9 Å². The number of aromatic amines is 2. The summed E-state index contributed by atoms with van der Waals surface area (Å²) in [6.45, 7) is 1.80. The predicted octanol–water partition coefficient (Wildman–Crippen LogP) is 1.79. The zero-order valence-electron chi connectivity index (χ0n) is 14.1. The Morgan fingerprint density at radius 1 is 1.38 bits per heavy atom. The zero-order chi connectivity index (χ0) is 18.4. The highest BCUT2D eigenvalue weighted by molar-refractivity contribution is 5.81. The standard InChI is InChI=1S/C18H15N5O3/c1-8-14-15(12(7-19)16(20)26-18(14)23-22-8)11-5-9-3-4-10(25-2)6-13(9)21-17(11)24/h3-6,15H,20H2,1-2H3,(H,21,24)(H,22,23). The lowest BCUT2D eigenvalue weighted by Gasteiger charge is -2.23. The summed E-state index contributed by atoms with van der Waals surface area (Å²) in [6, 6.07) is 9.21. The Bertz CT molecular complexity index is 1170. The van der Waals surface area contributed by atoms with Gasteiger partial charge in [0.1, 0.15) is 17.4 Å². The molecule has 0 bridgehead atoms. The molecule has 4 N–H and O–H groups in total. The monoisotopic (exact) mass is 349 g/mol. The average molecular weight is 349 g/mol. The third-order valence-electron chi connectivity index (χ3n) is 4.52. The Kier molecular flexibility index (Phi) is 3.44. The second-order valence-electron chi connectivity index (χ2n) is 6.00. The van der Waals surface area contributed by atoms with Crippen molar-refractivity contribution in [2.45, 2.75) is 12.8 Å². The van der Waals surface area contributed by atoms with Crippen molar-refractivity contribution in [2.24, 2.45) is 5.73 Å². The first-order chi connectivity index (χ1) is 12.5. The third-order valence-corrected chi connectivity index (χ3v) is 4.52. The number of H-pyrrole nitrogens is 2. The fourth-order valence-corrected chi connectivity index (χ4v) is 3.25. The number of ether oxygens (including phenoxy) is 2. The highest BCUT2D eigenvalue weighted by atomic mass is 16.5. The first kappa shape index (κ1) is 15.8. The smallest absolute Gasteiger partial charge is 0.252 e. The van der Waals surface area contributed by atoms with Crippen LogP contribution < -0.4 is 20.8 Å². The molecular formula is C18H15N5O3. The maximum atomic E-state index is 12.8. The van der Waals surface area contributed by atoms with E-state index >= 15 is 0 Å². The number of nitrogens with two attached hydrogens (primary N) is 1. The molecule has 0 amide bonds. The minimum Gasteiger partial charge on any atom is -0.497 e. The Balaban J connectivity index is 1.99. The van der Waals surface area contributed by atoms with Crippen molar-refractivity contribution in [3.8, 4) is 17.7 Å². The van der Waals surface area contributed by atoms with Crippen LogP contribution in [0.2, 0.25) is 0 Å². The maximum Gasteiger partial charge on any atom is 0.252 e. The molecule has 0 saturated carbocycles. The van der Waals surface area contributed by atoms with E-state index in [1.807, 2.05) is 6.07 Å². The zero-order valence-corrected chi connectivity index (χ0v) is 14.1. The second-order valence-corrected chi connectivity index (χ2v) is 6.00. The molecule has 2 aromatic heterocycles. The summed E-state index contributed by atoms with van der Waals surface area (Å²) < 4.78 is 10.6. The topological polar surface area (TPSA) is 130 Å². The SMILES string of the molecule is COc1ccc2cc(C3C(C#N)=C(N)Oc4n[nH]c(C)c43)c(=O)[nH]c2c1. The Labute approximate surface area is 147 Å². The molecule has 3 heterocycles. The van der Waals surface area contributed by atoms with Gasteiger partial charge in [0.15, 0.2) is 0 Å². The van der Waals surface area contributed by atoms with Crippen LogP contribution in [0.25, 0.3) is 10.9 Å². The summed E-state index contributed by atoms with van der Waals surface area (Å²) in [5.74, 6) is 0.212. The number of rotatable bonds is 2. The van der Waals surface area contributed by atoms with Gasteiger partial charge in [0.2, 0.25) is 11.8 Å². The number of methoxy groups -OCH3 is 1. The molecule has 130 valence electrons. The van der Waals surface area contributed by atoms with Crippen LogP contribution >= 0.6 is 0 Å². The minimum absolute atomic E-state index is 0.0503. The van der Waals surface area contributed by atoms with E-state index in [-0.39, 0.29) is 22.9 Å². The molecule has 0 saturated heterocycles. The van der Waals surface area contributed by atoms with Gasteiger partial charge in [-0.15, -0.1) is 5.10 Å². The lowest BCUT2D eigenvalue weighted by atomic mass is 9.84. The van der Waals surface area contributed by atoms with Gasteiger partial charge in [0.25, 0.3) is 5.56 Å². The van der Waals surface area contributed by atoms with Gasteiger partial charge in [-0.25, -0.2) is 0 Å². The number of benzene rings is 1. The number of pyridine rings is 1. The van der Waals surface area contributed by atoms with E-state index in [9.17, 15) is 10.1 Å². The maximum absolute atomic E-state index is 12.8. The number of allylic oxidation sites excluding steroid dienone is 1. The van der Waals surface area contributed by atoms with E-state index in [4.69, 9.17) is 15.2 Å². The van der Waals surface area contributed by atoms with Gasteiger partial charge < -0.3 is 20.2 Å². The van der Waals surface area contributed by atoms with Crippen LogP contribution in [0.5, 0.6) is 11.6 Å². The number of nitriles is 1. The van der Waals surface area contributed by atoms with E-state index in [0.29, 0.717) is 28.1 Å². The molecule has 1 atom stereocenters. The van der Waals surface area contributed by atoms with E-state index in [1.54, 1.807) is 32.2 Å². The molecule has 26 heavy (non-hydrogen) atoms. The van der Waals surface area contributed by atoms with Crippen LogP contribution in [-0.2, 0) is 0 Å². The number of nitrogens with zero attached hydrogens (tertiary/aromatic N) is 2. The molecule has 1 aromatic carbocycles. The van der Waals surface area contributed by atoms with Crippen molar-refractivity contribution in [1.82, 2.24) is 15.2 Å². The lowest BCUT2D eigenvalue weighted by molar-refractivity contribution is 0.378. The summed E-state index contributed by atoms with van der Waals surface area (Å²) in [6.07, 6.45) is 0. The first-order valence-corrected chi connectivity index (χ1v) is 7.87. The van der Waals surface area contributed by atoms with E-state index in [0.717, 1.165) is 5.39 Å². The van der Waals surface area contributed by atoms with E-state index < -0.39 is 5.92 Å². The van der Waals surface area contributed by atoms with E-state index in [2.05, 4.69) is 21.3 Å². The minimum atomic E-state index is -0.655. The summed E-state index contributed by atoms with van der Waals surface area (Å²) in [5, 5.41) is 17.3. The van der Waals surface area contributed by atoms with Gasteiger partial charge in [-0.05, 0) is 30.5 Å². The molecule has 0 aliphatic carbocycles. The molecular weight excluding hydrogens is 334 g/mol. The van der Waals surface area contributed by atoms with E-state index in [1.165, 1.54) is 0 Å². The molecule has 0 radical (unpaired) electrons. The van der Waals surface area contributed by atoms with Gasteiger partial charge in [-0.1, -0.05) is 0 Å². The molecule has 3 aromatic rings. The van der Waals surface area contributed by atoms with Gasteiger partial charge in [0, 0.05) is 22.9 Å². The summed E-state index contributed by atoms with van der Waals surface area (Å²) in [4.78, 5) is 15.7. The number of fused-ring (bicyclic) bond motifs is 2. The molecule has 1 aliphatic rings. The number of aryl methyl sites for hydroxylation is 1.